The van der Waals surface area contributed by atoms with E-state index in [9.17, 15) is 4.79 Å². The highest BCUT2D eigenvalue weighted by Gasteiger charge is 2.34. The molecule has 1 aromatic carbocycles. The maximum atomic E-state index is 12.1. The highest BCUT2D eigenvalue weighted by atomic mass is 16.3. The third kappa shape index (κ3) is 2.51. The van der Waals surface area contributed by atoms with E-state index in [4.69, 9.17) is 4.42 Å². The number of hydrogen-bond donors (Lipinski definition) is 0. The molecule has 0 N–H and O–H groups in total. The molecular weight excluding hydrogens is 262 g/mol. The molecule has 0 spiro atoms. The first-order valence-electron chi connectivity index (χ1n) is 8.04. The Hall–Kier alpha value is -1.61. The summed E-state index contributed by atoms with van der Waals surface area (Å²) in [6, 6.07) is 9.17. The minimum absolute atomic E-state index is 0.0727. The van der Waals surface area contributed by atoms with Gasteiger partial charge in [0.25, 0.3) is 0 Å². The number of para-hydroxylation sites is 1. The van der Waals surface area contributed by atoms with Gasteiger partial charge in [-0.25, -0.2) is 0 Å². The lowest BCUT2D eigenvalue weighted by Gasteiger charge is -2.23. The van der Waals surface area contributed by atoms with Gasteiger partial charge in [0.2, 0.25) is 0 Å². The Bertz CT molecular complexity index is 692. The smallest absolute Gasteiger partial charge is 0.192 e. The van der Waals surface area contributed by atoms with Crippen LogP contribution in [0.25, 0.3) is 11.0 Å². The maximum Gasteiger partial charge on any atom is 0.192 e. The Morgan fingerprint density at radius 3 is 2.57 bits per heavy atom. The van der Waals surface area contributed by atoms with Crippen LogP contribution in [0.5, 0.6) is 0 Å². The monoisotopic (exact) mass is 283 g/mol. The highest BCUT2D eigenvalue weighted by Crippen LogP contribution is 2.36. The minimum Gasteiger partial charge on any atom is -0.459 e. The van der Waals surface area contributed by atoms with E-state index >= 15 is 0 Å². The van der Waals surface area contributed by atoms with Crippen molar-refractivity contribution in [3.8, 4) is 0 Å². The van der Waals surface area contributed by atoms with Crippen molar-refractivity contribution >= 4 is 11.0 Å². The summed E-state index contributed by atoms with van der Waals surface area (Å²) in [6.07, 6.45) is 5.53. The zero-order chi connectivity index (χ0) is 14.2. The molecule has 110 valence electrons. The Labute approximate surface area is 124 Å². The van der Waals surface area contributed by atoms with Crippen molar-refractivity contribution in [1.29, 1.82) is 0 Å². The van der Waals surface area contributed by atoms with Crippen LogP contribution in [0.4, 0.5) is 0 Å². The molecule has 21 heavy (non-hydrogen) atoms. The fraction of sp³-hybridized carbons (Fsp3) is 0.500. The average molecular weight is 283 g/mol. The topological polar surface area (TPSA) is 33.5 Å². The van der Waals surface area contributed by atoms with Crippen LogP contribution in [0.15, 0.2) is 39.5 Å². The van der Waals surface area contributed by atoms with Crippen molar-refractivity contribution in [2.24, 2.45) is 11.8 Å². The van der Waals surface area contributed by atoms with Gasteiger partial charge >= 0.3 is 0 Å². The second-order valence-electron chi connectivity index (χ2n) is 6.57. The molecule has 2 heterocycles. The Morgan fingerprint density at radius 2 is 1.81 bits per heavy atom. The Morgan fingerprint density at radius 1 is 1.10 bits per heavy atom. The normalized spacial score (nSPS) is 26.1. The fourth-order valence-corrected chi connectivity index (χ4v) is 4.08. The van der Waals surface area contributed by atoms with Gasteiger partial charge in [0.15, 0.2) is 5.43 Å². The molecule has 2 atom stereocenters. The van der Waals surface area contributed by atoms with Crippen LogP contribution in [0, 0.1) is 11.8 Å². The van der Waals surface area contributed by atoms with Crippen LogP contribution in [-0.2, 0) is 6.54 Å². The first kappa shape index (κ1) is 13.1. The van der Waals surface area contributed by atoms with E-state index in [0.717, 1.165) is 24.1 Å². The predicted octanol–water partition coefficient (Wildman–Crippen LogP) is 3.42. The summed E-state index contributed by atoms with van der Waals surface area (Å²) in [5.74, 6) is 2.54. The van der Waals surface area contributed by atoms with E-state index in [2.05, 4.69) is 4.90 Å². The molecule has 1 aliphatic heterocycles. The van der Waals surface area contributed by atoms with Crippen LogP contribution < -0.4 is 5.43 Å². The fourth-order valence-electron chi connectivity index (χ4n) is 4.08. The van der Waals surface area contributed by atoms with E-state index in [-0.39, 0.29) is 5.43 Å². The van der Waals surface area contributed by atoms with Gasteiger partial charge in [0, 0.05) is 19.2 Å². The maximum absolute atomic E-state index is 12.1. The highest BCUT2D eigenvalue weighted by molar-refractivity contribution is 5.76. The van der Waals surface area contributed by atoms with Crippen molar-refractivity contribution in [1.82, 2.24) is 4.90 Å². The zero-order valence-electron chi connectivity index (χ0n) is 12.3. The minimum atomic E-state index is 0.0727. The molecule has 3 heteroatoms. The lowest BCUT2D eigenvalue weighted by molar-refractivity contribution is 0.285. The molecule has 0 amide bonds. The molecule has 2 unspecified atom stereocenters. The van der Waals surface area contributed by atoms with Gasteiger partial charge in [-0.3, -0.25) is 9.69 Å². The summed E-state index contributed by atoms with van der Waals surface area (Å²) in [5, 5.41) is 0.677. The van der Waals surface area contributed by atoms with Gasteiger partial charge in [0.05, 0.1) is 11.9 Å². The average Bonchev–Trinajstić information content (AvgIpc) is 2.89. The third-order valence-corrected chi connectivity index (χ3v) is 5.12. The molecule has 1 aromatic heterocycles. The summed E-state index contributed by atoms with van der Waals surface area (Å²) in [6.45, 7) is 3.11. The molecule has 1 saturated heterocycles. The van der Waals surface area contributed by atoms with Gasteiger partial charge in [-0.15, -0.1) is 0 Å². The predicted molar refractivity (Wildman–Crippen MR) is 83.2 cm³/mol. The van der Waals surface area contributed by atoms with E-state index in [1.165, 1.54) is 38.8 Å². The van der Waals surface area contributed by atoms with Gasteiger partial charge < -0.3 is 4.42 Å². The van der Waals surface area contributed by atoms with E-state index in [1.54, 1.807) is 6.07 Å². The van der Waals surface area contributed by atoms with Crippen molar-refractivity contribution in [3.63, 3.8) is 0 Å². The number of fused-ring (bicyclic) bond motifs is 2. The number of likely N-dealkylation sites (tertiary alicyclic amines) is 1. The van der Waals surface area contributed by atoms with Gasteiger partial charge in [-0.05, 0) is 36.8 Å². The first-order chi connectivity index (χ1) is 10.3. The van der Waals surface area contributed by atoms with Crippen molar-refractivity contribution in [2.75, 3.05) is 13.1 Å². The van der Waals surface area contributed by atoms with Gasteiger partial charge in [-0.2, -0.15) is 0 Å². The number of hydrogen-bond acceptors (Lipinski definition) is 3. The van der Waals surface area contributed by atoms with Gasteiger partial charge in [0.1, 0.15) is 11.3 Å². The van der Waals surface area contributed by atoms with E-state index in [0.29, 0.717) is 11.0 Å². The second kappa shape index (κ2) is 5.30. The quantitative estimate of drug-likeness (QED) is 0.847. The number of rotatable bonds is 2. The molecule has 0 bridgehead atoms. The van der Waals surface area contributed by atoms with Crippen LogP contribution in [-0.4, -0.2) is 18.0 Å². The molecule has 4 rings (SSSR count). The van der Waals surface area contributed by atoms with E-state index < -0.39 is 0 Å². The Balaban J connectivity index is 1.56. The summed E-state index contributed by atoms with van der Waals surface area (Å²) in [7, 11) is 0. The first-order valence-corrected chi connectivity index (χ1v) is 8.04. The van der Waals surface area contributed by atoms with Crippen LogP contribution >= 0.6 is 0 Å². The molecule has 1 saturated carbocycles. The zero-order valence-corrected chi connectivity index (χ0v) is 12.3. The third-order valence-electron chi connectivity index (χ3n) is 5.12. The molecule has 1 aliphatic carbocycles. The summed E-state index contributed by atoms with van der Waals surface area (Å²) in [5.41, 5.74) is 0.778. The molecule has 0 radical (unpaired) electrons. The molecule has 2 fully saturated rings. The van der Waals surface area contributed by atoms with E-state index in [1.807, 2.05) is 24.3 Å². The SMILES string of the molecule is O=c1cc(CN2CC3CCCCC3C2)oc2ccccc12. The second-order valence-corrected chi connectivity index (χ2v) is 6.57. The van der Waals surface area contributed by atoms with Crippen molar-refractivity contribution in [2.45, 2.75) is 32.2 Å². The van der Waals surface area contributed by atoms with Crippen molar-refractivity contribution in [3.05, 3.63) is 46.3 Å². The lowest BCUT2D eigenvalue weighted by atomic mass is 9.82. The Kier molecular flexibility index (Phi) is 3.30. The summed E-state index contributed by atoms with van der Waals surface area (Å²) < 4.78 is 5.92. The molecule has 2 aliphatic rings. The summed E-state index contributed by atoms with van der Waals surface area (Å²) >= 11 is 0. The number of nitrogens with zero attached hydrogens (tertiary/aromatic N) is 1. The van der Waals surface area contributed by atoms with Crippen LogP contribution in [0.2, 0.25) is 0 Å². The molecule has 2 aromatic rings. The largest absolute Gasteiger partial charge is 0.459 e. The van der Waals surface area contributed by atoms with Crippen molar-refractivity contribution < 1.29 is 4.42 Å². The molecular formula is C18H21NO2. The lowest BCUT2D eigenvalue weighted by Crippen LogP contribution is -2.21. The molecule has 3 nitrogen and oxygen atoms in total. The summed E-state index contributed by atoms with van der Waals surface area (Å²) in [4.78, 5) is 14.6. The van der Waals surface area contributed by atoms with Gasteiger partial charge in [-0.1, -0.05) is 25.0 Å². The number of benzene rings is 1. The van der Waals surface area contributed by atoms with Crippen LogP contribution in [0.3, 0.4) is 0 Å². The standard InChI is InChI=1S/C18H21NO2/c20-17-9-15(21-18-8-4-3-7-16(17)18)12-19-10-13-5-1-2-6-14(13)11-19/h3-4,7-9,13-14H,1-2,5-6,10-12H2. The van der Waals surface area contributed by atoms with Crippen LogP contribution in [0.1, 0.15) is 31.4 Å².